The van der Waals surface area contributed by atoms with Crippen LogP contribution in [0.15, 0.2) is 23.0 Å². The van der Waals surface area contributed by atoms with Gasteiger partial charge in [-0.3, -0.25) is 9.59 Å². The maximum atomic E-state index is 13.4. The number of nitrogens with one attached hydrogen (secondary N) is 1. The number of amides is 1. The smallest absolute Gasteiger partial charge is 0.257 e. The predicted octanol–water partition coefficient (Wildman–Crippen LogP) is 0.886. The van der Waals surface area contributed by atoms with Gasteiger partial charge >= 0.3 is 0 Å². The molecule has 0 radical (unpaired) electrons. The minimum atomic E-state index is -1.49. The first-order chi connectivity index (χ1) is 17.1. The lowest BCUT2D eigenvalue weighted by molar-refractivity contribution is -0.125. The van der Waals surface area contributed by atoms with Crippen molar-refractivity contribution in [3.63, 3.8) is 0 Å². The molecule has 4 heterocycles. The molecule has 2 aliphatic rings. The van der Waals surface area contributed by atoms with E-state index in [4.69, 9.17) is 24.9 Å². The number of carbonyl (C=O) groups excluding carboxylic acids is 2. The minimum absolute atomic E-state index is 0.0685. The van der Waals surface area contributed by atoms with Crippen molar-refractivity contribution in [2.75, 3.05) is 13.9 Å². The second-order valence-corrected chi connectivity index (χ2v) is 9.41. The van der Waals surface area contributed by atoms with E-state index in [1.165, 1.54) is 11.7 Å². The maximum absolute atomic E-state index is 13.4. The number of aldehydes is 1. The fourth-order valence-corrected chi connectivity index (χ4v) is 4.59. The molecule has 36 heavy (non-hydrogen) atoms. The van der Waals surface area contributed by atoms with Crippen molar-refractivity contribution in [1.29, 1.82) is 0 Å². The fraction of sp³-hybridized carbons (Fsp3) is 0.360. The summed E-state index contributed by atoms with van der Waals surface area (Å²) in [4.78, 5) is 42.2. The highest BCUT2D eigenvalue weighted by Crippen LogP contribution is 2.41. The summed E-state index contributed by atoms with van der Waals surface area (Å²) in [5.74, 6) is 0.756. The van der Waals surface area contributed by atoms with E-state index < -0.39 is 11.6 Å². The van der Waals surface area contributed by atoms with E-state index >= 15 is 0 Å². The molecule has 0 saturated carbocycles. The molecule has 11 heteroatoms. The van der Waals surface area contributed by atoms with Gasteiger partial charge in [0.2, 0.25) is 12.7 Å². The Morgan fingerprint density at radius 1 is 1.31 bits per heavy atom. The first kappa shape index (κ1) is 23.9. The number of nitrogens with two attached hydrogens (primary N) is 1. The van der Waals surface area contributed by atoms with Gasteiger partial charge in [-0.15, -0.1) is 0 Å². The van der Waals surface area contributed by atoms with Crippen LogP contribution in [-0.2, 0) is 34.0 Å². The number of fused-ring (bicyclic) bond motifs is 5. The molecule has 0 saturated heterocycles. The number of hydrogen-bond donors (Lipinski definition) is 3. The molecule has 4 N–H and O–H groups in total. The Kier molecular flexibility index (Phi) is 5.78. The molecule has 0 bridgehead atoms. The molecule has 1 aromatic carbocycles. The monoisotopic (exact) mass is 494 g/mol. The van der Waals surface area contributed by atoms with Gasteiger partial charge in [-0.05, 0) is 31.5 Å². The van der Waals surface area contributed by atoms with Crippen LogP contribution in [0.3, 0.4) is 0 Å². The highest BCUT2D eigenvalue weighted by molar-refractivity contribution is 5.92. The lowest BCUT2D eigenvalue weighted by Gasteiger charge is -2.19. The lowest BCUT2D eigenvalue weighted by Crippen LogP contribution is -2.48. The predicted molar refractivity (Wildman–Crippen MR) is 129 cm³/mol. The molecule has 0 fully saturated rings. The van der Waals surface area contributed by atoms with Crippen LogP contribution in [-0.4, -0.2) is 46.3 Å². The van der Waals surface area contributed by atoms with Crippen LogP contribution < -0.4 is 26.1 Å². The lowest BCUT2D eigenvalue weighted by atomic mass is 9.98. The van der Waals surface area contributed by atoms with Gasteiger partial charge < -0.3 is 39.7 Å². The summed E-state index contributed by atoms with van der Waals surface area (Å²) in [6.07, 6.45) is -1.12. The van der Waals surface area contributed by atoms with Crippen LogP contribution in [0.1, 0.15) is 42.2 Å². The number of pyridine rings is 2. The van der Waals surface area contributed by atoms with Crippen molar-refractivity contribution in [2.45, 2.75) is 45.2 Å². The van der Waals surface area contributed by atoms with Gasteiger partial charge in [-0.25, -0.2) is 4.98 Å². The minimum Gasteiger partial charge on any atom is -0.454 e. The third-order valence-electron chi connectivity index (χ3n) is 6.44. The third-order valence-corrected chi connectivity index (χ3v) is 6.44. The standard InChI is InChI=1S/C25H26N4O7/c1-25(2,26)24(33)27-7-14-12-5-20-21(36-11-35-20)6-17(12)28-22-15(14)8-29-18(22)4-13(19(31)9-30)16(10-34-3)23(29)32/h4-6,9,19,31H,7-8,10-11,26H2,1-3H3,(H,27,33). The maximum Gasteiger partial charge on any atom is 0.257 e. The van der Waals surface area contributed by atoms with Crippen LogP contribution in [0.4, 0.5) is 0 Å². The number of rotatable bonds is 7. The zero-order valence-corrected chi connectivity index (χ0v) is 20.1. The number of ether oxygens (including phenoxy) is 3. The normalized spacial score (nSPS) is 14.5. The Morgan fingerprint density at radius 2 is 2.03 bits per heavy atom. The van der Waals surface area contributed by atoms with E-state index in [-0.39, 0.29) is 49.1 Å². The Labute approximate surface area is 205 Å². The number of carbonyl (C=O) groups is 2. The average molecular weight is 495 g/mol. The van der Waals surface area contributed by atoms with E-state index in [1.807, 2.05) is 6.07 Å². The molecule has 1 atom stereocenters. The third kappa shape index (κ3) is 3.81. The number of aromatic nitrogens is 2. The fourth-order valence-electron chi connectivity index (χ4n) is 4.59. The van der Waals surface area contributed by atoms with Crippen LogP contribution in [0.25, 0.3) is 22.3 Å². The summed E-state index contributed by atoms with van der Waals surface area (Å²) in [7, 11) is 1.43. The Morgan fingerprint density at radius 3 is 2.69 bits per heavy atom. The van der Waals surface area contributed by atoms with Gasteiger partial charge in [-0.1, -0.05) is 0 Å². The van der Waals surface area contributed by atoms with E-state index in [0.29, 0.717) is 34.7 Å². The summed E-state index contributed by atoms with van der Waals surface area (Å²) in [6, 6.07) is 5.15. The first-order valence-electron chi connectivity index (χ1n) is 11.4. The van der Waals surface area contributed by atoms with Crippen molar-refractivity contribution in [3.8, 4) is 22.9 Å². The summed E-state index contributed by atoms with van der Waals surface area (Å²) in [5.41, 5.74) is 7.88. The molecule has 188 valence electrons. The van der Waals surface area contributed by atoms with Gasteiger partial charge in [-0.2, -0.15) is 0 Å². The van der Waals surface area contributed by atoms with Gasteiger partial charge in [0.15, 0.2) is 17.8 Å². The van der Waals surface area contributed by atoms with E-state index in [2.05, 4.69) is 5.32 Å². The van der Waals surface area contributed by atoms with Gasteiger partial charge in [0.1, 0.15) is 6.10 Å². The van der Waals surface area contributed by atoms with Crippen molar-refractivity contribution < 1.29 is 28.9 Å². The summed E-state index contributed by atoms with van der Waals surface area (Å²) < 4.78 is 17.8. The number of aliphatic hydroxyl groups excluding tert-OH is 1. The SMILES string of the molecule is COCc1c(C(O)C=O)cc2n(c1=O)Cc1c-2nc2cc3c(cc2c1CNC(=O)C(C)(C)N)OCO3. The molecule has 0 aliphatic carbocycles. The number of hydrogen-bond acceptors (Lipinski definition) is 9. The Hall–Kier alpha value is -3.80. The van der Waals surface area contributed by atoms with Gasteiger partial charge in [0.05, 0.1) is 35.6 Å². The topological polar surface area (TPSA) is 155 Å². The molecule has 1 unspecified atom stereocenters. The van der Waals surface area contributed by atoms with Gasteiger partial charge in [0, 0.05) is 41.8 Å². The van der Waals surface area contributed by atoms with Crippen molar-refractivity contribution in [3.05, 3.63) is 50.8 Å². The van der Waals surface area contributed by atoms with E-state index in [9.17, 15) is 19.5 Å². The van der Waals surface area contributed by atoms with Crippen LogP contribution in [0.2, 0.25) is 0 Å². The molecule has 5 rings (SSSR count). The molecule has 11 nitrogen and oxygen atoms in total. The summed E-state index contributed by atoms with van der Waals surface area (Å²) >= 11 is 0. The second kappa shape index (κ2) is 8.70. The average Bonchev–Trinajstić information content (AvgIpc) is 3.45. The zero-order chi connectivity index (χ0) is 25.8. The van der Waals surface area contributed by atoms with Crippen LogP contribution in [0, 0.1) is 0 Å². The highest BCUT2D eigenvalue weighted by atomic mass is 16.7. The molecule has 2 aliphatic heterocycles. The summed E-state index contributed by atoms with van der Waals surface area (Å²) in [6.45, 7) is 3.57. The zero-order valence-electron chi connectivity index (χ0n) is 20.1. The number of nitrogens with zero attached hydrogens (tertiary/aromatic N) is 2. The van der Waals surface area contributed by atoms with Crippen molar-refractivity contribution in [2.24, 2.45) is 5.73 Å². The van der Waals surface area contributed by atoms with Crippen molar-refractivity contribution >= 4 is 23.1 Å². The van der Waals surface area contributed by atoms with E-state index in [1.54, 1.807) is 26.0 Å². The molecule has 1 amide bonds. The van der Waals surface area contributed by atoms with Crippen LogP contribution in [0.5, 0.6) is 11.5 Å². The largest absolute Gasteiger partial charge is 0.454 e. The highest BCUT2D eigenvalue weighted by Gasteiger charge is 2.31. The number of methoxy groups -OCH3 is 1. The van der Waals surface area contributed by atoms with Gasteiger partial charge in [0.25, 0.3) is 5.56 Å². The number of aliphatic hydroxyl groups is 1. The molecular weight excluding hydrogens is 468 g/mol. The molecular formula is C25H26N4O7. The molecule has 2 aromatic heterocycles. The molecule has 3 aromatic rings. The quantitative estimate of drug-likeness (QED) is 0.318. The molecule has 0 spiro atoms. The van der Waals surface area contributed by atoms with Crippen molar-refractivity contribution in [1.82, 2.24) is 14.9 Å². The number of benzene rings is 1. The summed E-state index contributed by atoms with van der Waals surface area (Å²) in [5, 5.41) is 13.9. The Bertz CT molecular complexity index is 1470. The second-order valence-electron chi connectivity index (χ2n) is 9.41. The Balaban J connectivity index is 1.73. The van der Waals surface area contributed by atoms with E-state index in [0.717, 1.165) is 16.5 Å². The van der Waals surface area contributed by atoms with Crippen LogP contribution >= 0.6 is 0 Å². The first-order valence-corrected chi connectivity index (χ1v) is 11.4.